The van der Waals surface area contributed by atoms with Gasteiger partial charge in [-0.25, -0.2) is 0 Å². The summed E-state index contributed by atoms with van der Waals surface area (Å²) in [7, 11) is 0. The predicted molar refractivity (Wildman–Crippen MR) is 142 cm³/mol. The van der Waals surface area contributed by atoms with Crippen LogP contribution in [0.2, 0.25) is 0 Å². The van der Waals surface area contributed by atoms with E-state index in [9.17, 15) is 9.59 Å². The molecule has 5 rings (SSSR count). The van der Waals surface area contributed by atoms with Crippen molar-refractivity contribution in [2.45, 2.75) is 26.0 Å². The average Bonchev–Trinajstić information content (AvgIpc) is 3.10. The molecule has 0 aromatic heterocycles. The molecule has 0 atom stereocenters. The number of fused-ring (bicyclic) bond motifs is 1. The summed E-state index contributed by atoms with van der Waals surface area (Å²) in [6, 6.07) is 28.8. The molecule has 0 aliphatic carbocycles. The van der Waals surface area contributed by atoms with E-state index < -0.39 is 0 Å². The van der Waals surface area contributed by atoms with E-state index in [1.165, 1.54) is 4.90 Å². The Bertz CT molecular complexity index is 1300. The van der Waals surface area contributed by atoms with Crippen molar-refractivity contribution in [2.24, 2.45) is 0 Å². The molecule has 4 aromatic carbocycles. The van der Waals surface area contributed by atoms with Gasteiger partial charge in [-0.1, -0.05) is 53.9 Å². The number of nitrogens with two attached hydrogens (primary N) is 2. The van der Waals surface area contributed by atoms with Crippen LogP contribution in [0.3, 0.4) is 0 Å². The maximum absolute atomic E-state index is 13.2. The van der Waals surface area contributed by atoms with Gasteiger partial charge in [0.2, 0.25) is 0 Å². The van der Waals surface area contributed by atoms with Gasteiger partial charge < -0.3 is 11.5 Å². The first-order valence-electron chi connectivity index (χ1n) is 11.1. The lowest BCUT2D eigenvalue weighted by Crippen LogP contribution is -2.31. The minimum absolute atomic E-state index is 0.246. The lowest BCUT2D eigenvalue weighted by atomic mass is 10.1. The minimum atomic E-state index is -0.246. The number of hydrogen-bond acceptors (Lipinski definition) is 6. The van der Waals surface area contributed by atoms with Gasteiger partial charge in [0.05, 0.1) is 11.1 Å². The molecule has 1 heterocycles. The molecule has 7 heteroatoms. The standard InChI is InChI=1S/C28H23N3O2S2/c29-19-6-10-21(11-7-19)34-25-16-23-24(17-26(25)35-22-12-8-20(30)9-13-22)28(33)31(27(23)32)15-14-18-4-2-1-3-5-18/h1-13,16-17H,14-15,29-30H2. The highest BCUT2D eigenvalue weighted by molar-refractivity contribution is 8.02. The Morgan fingerprint density at radius 3 is 1.54 bits per heavy atom. The van der Waals surface area contributed by atoms with E-state index in [0.29, 0.717) is 35.5 Å². The molecule has 1 aliphatic heterocycles. The third-order valence-corrected chi connectivity index (χ3v) is 7.98. The smallest absolute Gasteiger partial charge is 0.261 e. The van der Waals surface area contributed by atoms with Crippen LogP contribution >= 0.6 is 23.5 Å². The molecule has 0 unspecified atom stereocenters. The number of rotatable bonds is 7. The summed E-state index contributed by atoms with van der Waals surface area (Å²) in [5.74, 6) is -0.492. The maximum Gasteiger partial charge on any atom is 0.261 e. The number of amides is 2. The minimum Gasteiger partial charge on any atom is -0.399 e. The monoisotopic (exact) mass is 497 g/mol. The van der Waals surface area contributed by atoms with Crippen LogP contribution in [0.5, 0.6) is 0 Å². The van der Waals surface area contributed by atoms with Crippen molar-refractivity contribution in [1.29, 1.82) is 0 Å². The molecule has 0 fully saturated rings. The van der Waals surface area contributed by atoms with Crippen molar-refractivity contribution >= 4 is 46.7 Å². The number of carbonyl (C=O) groups is 2. The van der Waals surface area contributed by atoms with E-state index in [0.717, 1.165) is 25.1 Å². The van der Waals surface area contributed by atoms with Crippen molar-refractivity contribution in [3.05, 3.63) is 108 Å². The van der Waals surface area contributed by atoms with Crippen LogP contribution in [-0.2, 0) is 6.42 Å². The van der Waals surface area contributed by atoms with Crippen molar-refractivity contribution in [3.63, 3.8) is 0 Å². The van der Waals surface area contributed by atoms with Crippen LogP contribution in [0.25, 0.3) is 0 Å². The fourth-order valence-corrected chi connectivity index (χ4v) is 5.85. The molecule has 2 amide bonds. The number of anilines is 2. The Labute approximate surface area is 212 Å². The lowest BCUT2D eigenvalue weighted by Gasteiger charge is -2.13. The molecule has 174 valence electrons. The normalized spacial score (nSPS) is 12.7. The van der Waals surface area contributed by atoms with Gasteiger partial charge >= 0.3 is 0 Å². The van der Waals surface area contributed by atoms with Gasteiger partial charge in [0, 0.05) is 37.5 Å². The largest absolute Gasteiger partial charge is 0.399 e. The van der Waals surface area contributed by atoms with Crippen LogP contribution in [0.15, 0.2) is 111 Å². The van der Waals surface area contributed by atoms with Gasteiger partial charge in [-0.2, -0.15) is 0 Å². The van der Waals surface area contributed by atoms with Gasteiger partial charge in [-0.15, -0.1) is 0 Å². The van der Waals surface area contributed by atoms with Crippen LogP contribution in [0.4, 0.5) is 11.4 Å². The van der Waals surface area contributed by atoms with E-state index in [4.69, 9.17) is 11.5 Å². The van der Waals surface area contributed by atoms with Crippen LogP contribution < -0.4 is 11.5 Å². The highest BCUT2D eigenvalue weighted by Gasteiger charge is 2.36. The molecule has 4 aromatic rings. The number of carbonyl (C=O) groups excluding carboxylic acids is 2. The Hall–Kier alpha value is -3.68. The summed E-state index contributed by atoms with van der Waals surface area (Å²) < 4.78 is 0. The molecule has 0 saturated carbocycles. The lowest BCUT2D eigenvalue weighted by molar-refractivity contribution is 0.0656. The number of nitrogen functional groups attached to an aromatic ring is 2. The van der Waals surface area contributed by atoms with E-state index in [-0.39, 0.29) is 11.8 Å². The highest BCUT2D eigenvalue weighted by Crippen LogP contribution is 2.42. The van der Waals surface area contributed by atoms with Crippen molar-refractivity contribution in [2.75, 3.05) is 18.0 Å². The molecular weight excluding hydrogens is 474 g/mol. The molecule has 0 spiro atoms. The quantitative estimate of drug-likeness (QED) is 0.241. The van der Waals surface area contributed by atoms with Crippen LogP contribution in [-0.4, -0.2) is 23.3 Å². The Kier molecular flexibility index (Phi) is 6.53. The summed E-state index contributed by atoms with van der Waals surface area (Å²) in [6.07, 6.45) is 0.617. The van der Waals surface area contributed by atoms with E-state index in [1.54, 1.807) is 23.5 Å². The average molecular weight is 498 g/mol. The molecular formula is C28H23N3O2S2. The van der Waals surface area contributed by atoms with Gasteiger partial charge in [0.25, 0.3) is 11.8 Å². The van der Waals surface area contributed by atoms with Gasteiger partial charge in [0.1, 0.15) is 0 Å². The number of imide groups is 1. The highest BCUT2D eigenvalue weighted by atomic mass is 32.2. The zero-order valence-electron chi connectivity index (χ0n) is 18.8. The maximum atomic E-state index is 13.2. The summed E-state index contributed by atoms with van der Waals surface area (Å²) in [5, 5.41) is 0. The van der Waals surface area contributed by atoms with E-state index in [2.05, 4.69) is 0 Å². The number of nitrogens with zero attached hydrogens (tertiary/aromatic N) is 1. The first kappa shape index (κ1) is 23.1. The van der Waals surface area contributed by atoms with Gasteiger partial charge in [0.15, 0.2) is 0 Å². The second-order valence-electron chi connectivity index (χ2n) is 8.18. The van der Waals surface area contributed by atoms with Crippen molar-refractivity contribution < 1.29 is 9.59 Å². The second kappa shape index (κ2) is 9.90. The number of hydrogen-bond donors (Lipinski definition) is 2. The summed E-state index contributed by atoms with van der Waals surface area (Å²) >= 11 is 3.09. The summed E-state index contributed by atoms with van der Waals surface area (Å²) in [5.41, 5.74) is 15.1. The summed E-state index contributed by atoms with van der Waals surface area (Å²) in [4.78, 5) is 31.6. The summed E-state index contributed by atoms with van der Waals surface area (Å²) in [6.45, 7) is 0.344. The molecule has 4 N–H and O–H groups in total. The zero-order valence-corrected chi connectivity index (χ0v) is 20.4. The van der Waals surface area contributed by atoms with Crippen molar-refractivity contribution in [3.8, 4) is 0 Å². The predicted octanol–water partition coefficient (Wildman–Crippen LogP) is 5.99. The van der Waals surface area contributed by atoms with Gasteiger partial charge in [-0.05, 0) is 72.6 Å². The first-order valence-corrected chi connectivity index (χ1v) is 12.8. The van der Waals surface area contributed by atoms with Crippen LogP contribution in [0, 0.1) is 0 Å². The van der Waals surface area contributed by atoms with E-state index in [1.807, 2.05) is 91.0 Å². The van der Waals surface area contributed by atoms with Crippen molar-refractivity contribution in [1.82, 2.24) is 4.90 Å². The fourth-order valence-electron chi connectivity index (χ4n) is 3.87. The fraction of sp³-hybridized carbons (Fsp3) is 0.0714. The number of benzene rings is 4. The SMILES string of the molecule is Nc1ccc(Sc2cc3c(cc2Sc2ccc(N)cc2)C(=O)N(CCc2ccccc2)C3=O)cc1. The third kappa shape index (κ3) is 5.06. The van der Waals surface area contributed by atoms with E-state index >= 15 is 0 Å². The molecule has 1 aliphatic rings. The second-order valence-corrected chi connectivity index (χ2v) is 10.4. The molecule has 0 saturated heterocycles. The molecule has 35 heavy (non-hydrogen) atoms. The van der Waals surface area contributed by atoms with Gasteiger partial charge in [-0.3, -0.25) is 14.5 Å². The molecule has 5 nitrogen and oxygen atoms in total. The molecule has 0 radical (unpaired) electrons. The molecule has 0 bridgehead atoms. The Balaban J connectivity index is 1.48. The van der Waals surface area contributed by atoms with Crippen LogP contribution in [0.1, 0.15) is 26.3 Å². The topological polar surface area (TPSA) is 89.4 Å². The Morgan fingerprint density at radius 2 is 1.09 bits per heavy atom. The zero-order chi connectivity index (χ0) is 24.4. The first-order chi connectivity index (χ1) is 17.0. The Morgan fingerprint density at radius 1 is 0.629 bits per heavy atom. The third-order valence-electron chi connectivity index (χ3n) is 5.72.